The number of phenols is 1. The summed E-state index contributed by atoms with van der Waals surface area (Å²) in [5.74, 6) is -2.57. The Hall–Kier alpha value is -2.17. The van der Waals surface area contributed by atoms with Gasteiger partial charge in [-0.3, -0.25) is 14.4 Å². The van der Waals surface area contributed by atoms with Gasteiger partial charge in [0.1, 0.15) is 5.75 Å². The molecule has 1 aliphatic carbocycles. The molecule has 0 amide bonds. The van der Waals surface area contributed by atoms with Crippen LogP contribution in [0.25, 0.3) is 0 Å². The van der Waals surface area contributed by atoms with Crippen LogP contribution in [0.4, 0.5) is 5.69 Å². The molecule has 0 saturated carbocycles. The van der Waals surface area contributed by atoms with E-state index in [-0.39, 0.29) is 22.6 Å². The monoisotopic (exact) mass is 205 g/mol. The Kier molecular flexibility index (Phi) is 1.82. The van der Waals surface area contributed by atoms with Crippen LogP contribution in [0.5, 0.6) is 5.75 Å². The van der Waals surface area contributed by atoms with Crippen molar-refractivity contribution in [3.05, 3.63) is 23.3 Å². The number of carbonyl (C=O) groups excluding carboxylic acids is 3. The number of ketones is 3. The second-order valence-electron chi connectivity index (χ2n) is 3.28. The van der Waals surface area contributed by atoms with E-state index in [1.165, 1.54) is 12.1 Å². The second-order valence-corrected chi connectivity index (χ2v) is 3.28. The van der Waals surface area contributed by atoms with Crippen molar-refractivity contribution in [3.8, 4) is 5.75 Å². The van der Waals surface area contributed by atoms with Crippen LogP contribution in [-0.2, 0) is 4.79 Å². The smallest absolute Gasteiger partial charge is 0.233 e. The minimum atomic E-state index is -0.852. The number of aromatic hydroxyl groups is 1. The van der Waals surface area contributed by atoms with E-state index in [0.717, 1.165) is 0 Å². The van der Waals surface area contributed by atoms with E-state index in [1.807, 2.05) is 0 Å². The molecule has 0 bridgehead atoms. The van der Waals surface area contributed by atoms with Crippen molar-refractivity contribution in [1.29, 1.82) is 0 Å². The number of benzene rings is 1. The van der Waals surface area contributed by atoms with Crippen LogP contribution < -0.4 is 5.73 Å². The van der Waals surface area contributed by atoms with E-state index < -0.39 is 23.8 Å². The third kappa shape index (κ3) is 1.20. The molecule has 3 N–H and O–H groups in total. The quantitative estimate of drug-likeness (QED) is 0.275. The van der Waals surface area contributed by atoms with Gasteiger partial charge in [0.15, 0.2) is 5.78 Å². The average Bonchev–Trinajstić information content (AvgIpc) is 2.18. The third-order valence-electron chi connectivity index (χ3n) is 2.30. The zero-order valence-electron chi connectivity index (χ0n) is 7.61. The predicted octanol–water partition coefficient (Wildman–Crippen LogP) is 0.313. The summed E-state index contributed by atoms with van der Waals surface area (Å²) >= 11 is 0. The van der Waals surface area contributed by atoms with Crippen molar-refractivity contribution < 1.29 is 19.5 Å². The topological polar surface area (TPSA) is 97.5 Å². The van der Waals surface area contributed by atoms with E-state index in [0.29, 0.717) is 0 Å². The molecule has 0 saturated heterocycles. The fourth-order valence-electron chi connectivity index (χ4n) is 1.59. The van der Waals surface area contributed by atoms with Gasteiger partial charge in [0, 0.05) is 5.69 Å². The first kappa shape index (κ1) is 9.39. The summed E-state index contributed by atoms with van der Waals surface area (Å²) in [4.78, 5) is 34.0. The summed E-state index contributed by atoms with van der Waals surface area (Å²) in [6.07, 6.45) is -0.473. The zero-order valence-corrected chi connectivity index (χ0v) is 7.61. The molecule has 76 valence electrons. The van der Waals surface area contributed by atoms with Crippen LogP contribution in [0.1, 0.15) is 27.1 Å². The largest absolute Gasteiger partial charge is 0.507 e. The van der Waals surface area contributed by atoms with Gasteiger partial charge in [0.2, 0.25) is 11.6 Å². The predicted molar refractivity (Wildman–Crippen MR) is 50.8 cm³/mol. The Labute approximate surface area is 84.5 Å². The molecule has 0 heterocycles. The first-order valence-corrected chi connectivity index (χ1v) is 4.24. The van der Waals surface area contributed by atoms with Crippen LogP contribution in [0.3, 0.4) is 0 Å². The van der Waals surface area contributed by atoms with Gasteiger partial charge in [-0.2, -0.15) is 0 Å². The molecule has 5 heteroatoms. The first-order valence-electron chi connectivity index (χ1n) is 4.24. The fourth-order valence-corrected chi connectivity index (χ4v) is 1.59. The molecule has 1 aromatic rings. The lowest BCUT2D eigenvalue weighted by Crippen LogP contribution is -2.27. The SMILES string of the molecule is Nc1ccc(O)c2c1C(=O)CC(=O)C2=O. The molecular weight excluding hydrogens is 198 g/mol. The summed E-state index contributed by atoms with van der Waals surface area (Å²) in [6, 6.07) is 2.52. The van der Waals surface area contributed by atoms with Crippen molar-refractivity contribution in [2.24, 2.45) is 0 Å². The van der Waals surface area contributed by atoms with E-state index in [2.05, 4.69) is 0 Å². The summed E-state index contributed by atoms with van der Waals surface area (Å²) in [5, 5.41) is 9.41. The number of Topliss-reactive ketones (excluding diaryl/α,β-unsaturated/α-hetero) is 3. The van der Waals surface area contributed by atoms with E-state index in [1.54, 1.807) is 0 Å². The van der Waals surface area contributed by atoms with E-state index >= 15 is 0 Å². The number of anilines is 1. The van der Waals surface area contributed by atoms with Gasteiger partial charge in [-0.05, 0) is 12.1 Å². The molecule has 1 aromatic carbocycles. The second kappa shape index (κ2) is 2.91. The number of carbonyl (C=O) groups is 3. The standard InChI is InChI=1S/C10H7NO4/c11-4-1-2-5(12)9-8(4)6(13)3-7(14)10(9)15/h1-2,12H,3,11H2. The molecule has 0 unspecified atom stereocenters. The number of nitrogen functional groups attached to an aromatic ring is 1. The maximum absolute atomic E-state index is 11.5. The Morgan fingerprint density at radius 3 is 2.40 bits per heavy atom. The van der Waals surface area contributed by atoms with Crippen molar-refractivity contribution in [2.75, 3.05) is 5.73 Å². The van der Waals surface area contributed by atoms with Crippen LogP contribution in [0, 0.1) is 0 Å². The van der Waals surface area contributed by atoms with Crippen LogP contribution >= 0.6 is 0 Å². The number of fused-ring (bicyclic) bond motifs is 1. The van der Waals surface area contributed by atoms with Crippen LogP contribution in [0.15, 0.2) is 12.1 Å². The number of rotatable bonds is 0. The number of phenolic OH excluding ortho intramolecular Hbond substituents is 1. The summed E-state index contributed by atoms with van der Waals surface area (Å²) in [5.41, 5.74) is 5.31. The molecule has 0 aromatic heterocycles. The number of hydrogen-bond acceptors (Lipinski definition) is 5. The van der Waals surface area contributed by atoms with Gasteiger partial charge in [-0.1, -0.05) is 0 Å². The Morgan fingerprint density at radius 2 is 1.73 bits per heavy atom. The summed E-state index contributed by atoms with van der Waals surface area (Å²) in [7, 11) is 0. The molecule has 0 spiro atoms. The lowest BCUT2D eigenvalue weighted by Gasteiger charge is -2.15. The van der Waals surface area contributed by atoms with Crippen LogP contribution in [-0.4, -0.2) is 22.5 Å². The molecule has 5 nitrogen and oxygen atoms in total. The molecule has 1 aliphatic rings. The number of hydrogen-bond donors (Lipinski definition) is 2. The highest BCUT2D eigenvalue weighted by molar-refractivity contribution is 6.51. The highest BCUT2D eigenvalue weighted by Crippen LogP contribution is 2.31. The molecule has 15 heavy (non-hydrogen) atoms. The van der Waals surface area contributed by atoms with Crippen molar-refractivity contribution in [1.82, 2.24) is 0 Å². The minimum absolute atomic E-state index is 0.0420. The highest BCUT2D eigenvalue weighted by Gasteiger charge is 2.34. The molecule has 2 rings (SSSR count). The molecule has 0 aliphatic heterocycles. The van der Waals surface area contributed by atoms with Gasteiger partial charge in [-0.25, -0.2) is 0 Å². The third-order valence-corrected chi connectivity index (χ3v) is 2.30. The molecule has 0 fully saturated rings. The molecular formula is C10H7NO4. The molecule has 0 radical (unpaired) electrons. The maximum Gasteiger partial charge on any atom is 0.233 e. The molecule has 0 atom stereocenters. The summed E-state index contributed by atoms with van der Waals surface area (Å²) < 4.78 is 0. The zero-order chi connectivity index (χ0) is 11.2. The average molecular weight is 205 g/mol. The van der Waals surface area contributed by atoms with Gasteiger partial charge in [0.05, 0.1) is 17.5 Å². The lowest BCUT2D eigenvalue weighted by atomic mass is 9.87. The lowest BCUT2D eigenvalue weighted by molar-refractivity contribution is -0.114. The Balaban J connectivity index is 2.81. The van der Waals surface area contributed by atoms with Crippen molar-refractivity contribution in [2.45, 2.75) is 6.42 Å². The Morgan fingerprint density at radius 1 is 1.07 bits per heavy atom. The minimum Gasteiger partial charge on any atom is -0.507 e. The van der Waals surface area contributed by atoms with Gasteiger partial charge in [-0.15, -0.1) is 0 Å². The highest BCUT2D eigenvalue weighted by atomic mass is 16.3. The Bertz CT molecular complexity index is 504. The van der Waals surface area contributed by atoms with Gasteiger partial charge >= 0.3 is 0 Å². The van der Waals surface area contributed by atoms with E-state index in [4.69, 9.17) is 5.73 Å². The number of nitrogens with two attached hydrogens (primary N) is 1. The summed E-state index contributed by atoms with van der Waals surface area (Å²) in [6.45, 7) is 0. The van der Waals surface area contributed by atoms with Gasteiger partial charge < -0.3 is 10.8 Å². The normalized spacial score (nSPS) is 15.3. The van der Waals surface area contributed by atoms with Crippen LogP contribution in [0.2, 0.25) is 0 Å². The first-order chi connectivity index (χ1) is 7.02. The van der Waals surface area contributed by atoms with Gasteiger partial charge in [0.25, 0.3) is 0 Å². The van der Waals surface area contributed by atoms with Crippen molar-refractivity contribution >= 4 is 23.0 Å². The maximum atomic E-state index is 11.5. The van der Waals surface area contributed by atoms with Crippen molar-refractivity contribution in [3.63, 3.8) is 0 Å². The van der Waals surface area contributed by atoms with E-state index in [9.17, 15) is 19.5 Å². The fraction of sp³-hybridized carbons (Fsp3) is 0.100.